The van der Waals surface area contributed by atoms with Crippen molar-refractivity contribution in [2.24, 2.45) is 0 Å². The zero-order valence-electron chi connectivity index (χ0n) is 11.3. The Morgan fingerprint density at radius 3 is 2.88 bits per heavy atom. The van der Waals surface area contributed by atoms with Crippen LogP contribution in [0.25, 0.3) is 0 Å². The quantitative estimate of drug-likeness (QED) is 0.794. The minimum absolute atomic E-state index is 0.190. The molecule has 0 unspecified atom stereocenters. The third-order valence-corrected chi connectivity index (χ3v) is 2.42. The summed E-state index contributed by atoms with van der Waals surface area (Å²) in [6.07, 6.45) is 0.732. The molecule has 0 radical (unpaired) electrons. The van der Waals surface area contributed by atoms with Gasteiger partial charge < -0.3 is 19.7 Å². The summed E-state index contributed by atoms with van der Waals surface area (Å²) >= 11 is 0. The van der Waals surface area contributed by atoms with Gasteiger partial charge in [0.15, 0.2) is 0 Å². The standard InChI is InChI=1S/C12H24N2O3/c1-12(2,3)17-11(15)14(4)8-10-9-16-7-5-6-13-10/h10,13H,5-9H2,1-4H3/t10-/m1/s1. The number of likely N-dealkylation sites (N-methyl/N-ethyl adjacent to an activating group) is 1. The first-order chi connectivity index (χ1) is 7.88. The molecular weight excluding hydrogens is 220 g/mol. The van der Waals surface area contributed by atoms with Gasteiger partial charge in [0.05, 0.1) is 6.61 Å². The molecule has 5 nitrogen and oxygen atoms in total. The number of carbonyl (C=O) groups is 1. The minimum atomic E-state index is -0.446. The van der Waals surface area contributed by atoms with E-state index in [1.165, 1.54) is 0 Å². The second-order valence-corrected chi connectivity index (χ2v) is 5.44. The first-order valence-electron chi connectivity index (χ1n) is 6.14. The van der Waals surface area contributed by atoms with Gasteiger partial charge in [0.25, 0.3) is 0 Å². The highest BCUT2D eigenvalue weighted by Gasteiger charge is 2.22. The van der Waals surface area contributed by atoms with Gasteiger partial charge in [0, 0.05) is 26.2 Å². The highest BCUT2D eigenvalue weighted by molar-refractivity contribution is 5.67. The average Bonchev–Trinajstić information content (AvgIpc) is 2.43. The minimum Gasteiger partial charge on any atom is -0.444 e. The smallest absolute Gasteiger partial charge is 0.410 e. The SMILES string of the molecule is CN(C[C@@H]1COCCCN1)C(=O)OC(C)(C)C. The van der Waals surface area contributed by atoms with Gasteiger partial charge in [-0.2, -0.15) is 0 Å². The summed E-state index contributed by atoms with van der Waals surface area (Å²) in [6, 6.07) is 0.190. The molecule has 100 valence electrons. The molecule has 17 heavy (non-hydrogen) atoms. The molecule has 0 aromatic heterocycles. The number of carbonyl (C=O) groups excluding carboxylic acids is 1. The fraction of sp³-hybridized carbons (Fsp3) is 0.917. The van der Waals surface area contributed by atoms with Crippen LogP contribution in [-0.2, 0) is 9.47 Å². The van der Waals surface area contributed by atoms with E-state index in [1.807, 2.05) is 20.8 Å². The molecule has 0 spiro atoms. The first kappa shape index (κ1) is 14.3. The Labute approximate surface area is 103 Å². The van der Waals surface area contributed by atoms with E-state index < -0.39 is 5.60 Å². The Balaban J connectivity index is 2.36. The summed E-state index contributed by atoms with van der Waals surface area (Å²) in [5.41, 5.74) is -0.446. The molecular formula is C12H24N2O3. The topological polar surface area (TPSA) is 50.8 Å². The Morgan fingerprint density at radius 1 is 1.53 bits per heavy atom. The van der Waals surface area contributed by atoms with E-state index in [4.69, 9.17) is 9.47 Å². The number of nitrogens with one attached hydrogen (secondary N) is 1. The third kappa shape index (κ3) is 5.89. The lowest BCUT2D eigenvalue weighted by Crippen LogP contribution is -2.45. The highest BCUT2D eigenvalue weighted by Crippen LogP contribution is 2.09. The molecule has 1 saturated heterocycles. The molecule has 1 heterocycles. The van der Waals surface area contributed by atoms with Gasteiger partial charge in [-0.1, -0.05) is 0 Å². The van der Waals surface area contributed by atoms with Gasteiger partial charge >= 0.3 is 6.09 Å². The van der Waals surface area contributed by atoms with Crippen molar-refractivity contribution in [3.63, 3.8) is 0 Å². The molecule has 1 amide bonds. The Bertz CT molecular complexity index is 243. The summed E-state index contributed by atoms with van der Waals surface area (Å²) in [4.78, 5) is 13.3. The first-order valence-corrected chi connectivity index (χ1v) is 6.14. The largest absolute Gasteiger partial charge is 0.444 e. The summed E-state index contributed by atoms with van der Waals surface area (Å²) in [5, 5.41) is 3.36. The maximum Gasteiger partial charge on any atom is 0.410 e. The van der Waals surface area contributed by atoms with Crippen LogP contribution in [0.5, 0.6) is 0 Å². The lowest BCUT2D eigenvalue weighted by atomic mass is 10.2. The van der Waals surface area contributed by atoms with Crippen molar-refractivity contribution in [3.8, 4) is 0 Å². The van der Waals surface area contributed by atoms with Crippen molar-refractivity contribution < 1.29 is 14.3 Å². The average molecular weight is 244 g/mol. The van der Waals surface area contributed by atoms with Crippen LogP contribution in [0, 0.1) is 0 Å². The van der Waals surface area contributed by atoms with Crippen LogP contribution >= 0.6 is 0 Å². The van der Waals surface area contributed by atoms with E-state index in [9.17, 15) is 4.79 Å². The number of rotatable bonds is 2. The van der Waals surface area contributed by atoms with E-state index in [2.05, 4.69) is 5.32 Å². The van der Waals surface area contributed by atoms with E-state index in [0.717, 1.165) is 19.6 Å². The van der Waals surface area contributed by atoms with Crippen LogP contribution in [0.15, 0.2) is 0 Å². The van der Waals surface area contributed by atoms with E-state index in [0.29, 0.717) is 13.2 Å². The number of ether oxygens (including phenoxy) is 2. The Kier molecular flexibility index (Phi) is 5.21. The van der Waals surface area contributed by atoms with Crippen molar-refractivity contribution >= 4 is 6.09 Å². The van der Waals surface area contributed by atoms with Gasteiger partial charge in [-0.3, -0.25) is 0 Å². The number of nitrogens with zero attached hydrogens (tertiary/aromatic N) is 1. The van der Waals surface area contributed by atoms with Gasteiger partial charge in [-0.15, -0.1) is 0 Å². The van der Waals surface area contributed by atoms with Crippen molar-refractivity contribution in [2.75, 3.05) is 33.4 Å². The summed E-state index contributed by atoms with van der Waals surface area (Å²) in [5.74, 6) is 0. The number of amides is 1. The van der Waals surface area contributed by atoms with Crippen LogP contribution in [0.1, 0.15) is 27.2 Å². The van der Waals surface area contributed by atoms with Gasteiger partial charge in [-0.05, 0) is 33.7 Å². The van der Waals surface area contributed by atoms with Crippen LogP contribution in [0.2, 0.25) is 0 Å². The maximum atomic E-state index is 11.8. The molecule has 1 N–H and O–H groups in total. The Hall–Kier alpha value is -0.810. The molecule has 1 rings (SSSR count). The third-order valence-electron chi connectivity index (χ3n) is 2.42. The van der Waals surface area contributed by atoms with E-state index in [1.54, 1.807) is 11.9 Å². The Morgan fingerprint density at radius 2 is 2.24 bits per heavy atom. The summed E-state index contributed by atoms with van der Waals surface area (Å²) in [7, 11) is 1.75. The molecule has 5 heteroatoms. The van der Waals surface area contributed by atoms with Crippen LogP contribution < -0.4 is 5.32 Å². The summed E-state index contributed by atoms with van der Waals surface area (Å²) < 4.78 is 10.7. The molecule has 0 aliphatic carbocycles. The predicted molar refractivity (Wildman–Crippen MR) is 66.1 cm³/mol. The number of hydrogen-bond donors (Lipinski definition) is 1. The monoisotopic (exact) mass is 244 g/mol. The lowest BCUT2D eigenvalue weighted by Gasteiger charge is -2.27. The predicted octanol–water partition coefficient (Wildman–Crippen LogP) is 1.23. The van der Waals surface area contributed by atoms with Crippen molar-refractivity contribution in [1.82, 2.24) is 10.2 Å². The fourth-order valence-corrected chi connectivity index (χ4v) is 1.63. The molecule has 1 aliphatic heterocycles. The normalized spacial score (nSPS) is 21.8. The summed E-state index contributed by atoms with van der Waals surface area (Å²) in [6.45, 7) is 8.58. The second kappa shape index (κ2) is 6.21. The molecule has 1 fully saturated rings. The van der Waals surface area contributed by atoms with E-state index in [-0.39, 0.29) is 12.1 Å². The van der Waals surface area contributed by atoms with Crippen molar-refractivity contribution in [2.45, 2.75) is 38.8 Å². The highest BCUT2D eigenvalue weighted by atomic mass is 16.6. The molecule has 0 aromatic carbocycles. The lowest BCUT2D eigenvalue weighted by molar-refractivity contribution is 0.0262. The van der Waals surface area contributed by atoms with Gasteiger partial charge in [0.2, 0.25) is 0 Å². The molecule has 0 saturated carbocycles. The molecule has 0 bridgehead atoms. The van der Waals surface area contributed by atoms with Crippen LogP contribution in [0.3, 0.4) is 0 Å². The molecule has 1 aliphatic rings. The van der Waals surface area contributed by atoms with Crippen LogP contribution in [-0.4, -0.2) is 56.0 Å². The zero-order valence-corrected chi connectivity index (χ0v) is 11.3. The number of hydrogen-bond acceptors (Lipinski definition) is 4. The van der Waals surface area contributed by atoms with E-state index >= 15 is 0 Å². The molecule has 1 atom stereocenters. The van der Waals surface area contributed by atoms with Crippen molar-refractivity contribution in [1.29, 1.82) is 0 Å². The second-order valence-electron chi connectivity index (χ2n) is 5.44. The zero-order chi connectivity index (χ0) is 12.9. The van der Waals surface area contributed by atoms with Crippen LogP contribution in [0.4, 0.5) is 4.79 Å². The van der Waals surface area contributed by atoms with Gasteiger partial charge in [0.1, 0.15) is 5.60 Å². The van der Waals surface area contributed by atoms with Crippen molar-refractivity contribution in [3.05, 3.63) is 0 Å². The van der Waals surface area contributed by atoms with Gasteiger partial charge in [-0.25, -0.2) is 4.79 Å². The molecule has 0 aromatic rings. The fourth-order valence-electron chi connectivity index (χ4n) is 1.63. The maximum absolute atomic E-state index is 11.8.